The van der Waals surface area contributed by atoms with Gasteiger partial charge in [-0.1, -0.05) is 39.0 Å². The zero-order chi connectivity index (χ0) is 21.4. The maximum atomic E-state index is 12.5. The number of urea groups is 1. The molecular weight excluding hydrogens is 374 g/mol. The van der Waals surface area contributed by atoms with Gasteiger partial charge in [-0.25, -0.2) is 4.79 Å². The average Bonchev–Trinajstić information content (AvgIpc) is 3.11. The minimum atomic E-state index is -0.713. The van der Waals surface area contributed by atoms with Crippen LogP contribution < -0.4 is 15.5 Å². The van der Waals surface area contributed by atoms with Gasteiger partial charge in [0.05, 0.1) is 5.92 Å². The molecule has 4 amide bonds. The van der Waals surface area contributed by atoms with E-state index >= 15 is 0 Å². The molecule has 2 atom stereocenters. The van der Waals surface area contributed by atoms with Crippen molar-refractivity contribution in [2.75, 3.05) is 24.6 Å². The topological polar surface area (TPSA) is 105 Å². The zero-order valence-electron chi connectivity index (χ0n) is 17.2. The monoisotopic (exact) mass is 403 g/mol. The Morgan fingerprint density at radius 3 is 2.66 bits per heavy atom. The lowest BCUT2D eigenvalue weighted by Gasteiger charge is -2.23. The minimum Gasteiger partial charge on any atom is -0.455 e. The molecule has 1 aromatic carbocycles. The van der Waals surface area contributed by atoms with Crippen LogP contribution in [-0.2, 0) is 19.1 Å². The highest BCUT2D eigenvalue weighted by Crippen LogP contribution is 2.33. The molecule has 1 aromatic rings. The van der Waals surface area contributed by atoms with Crippen molar-refractivity contribution in [3.05, 3.63) is 29.8 Å². The molecule has 158 valence electrons. The second kappa shape index (κ2) is 10.6. The number of benzene rings is 1. The second-order valence-corrected chi connectivity index (χ2v) is 7.19. The van der Waals surface area contributed by atoms with Gasteiger partial charge < -0.3 is 15.0 Å². The van der Waals surface area contributed by atoms with Crippen LogP contribution >= 0.6 is 0 Å². The molecule has 8 nitrogen and oxygen atoms in total. The van der Waals surface area contributed by atoms with Gasteiger partial charge in [0.15, 0.2) is 6.61 Å². The molecule has 0 unspecified atom stereocenters. The van der Waals surface area contributed by atoms with E-state index in [9.17, 15) is 19.2 Å². The smallest absolute Gasteiger partial charge is 0.321 e. The van der Waals surface area contributed by atoms with Crippen LogP contribution in [0.2, 0.25) is 0 Å². The number of esters is 1. The maximum absolute atomic E-state index is 12.5. The van der Waals surface area contributed by atoms with Crippen LogP contribution in [0.3, 0.4) is 0 Å². The Labute approximate surface area is 171 Å². The van der Waals surface area contributed by atoms with Gasteiger partial charge in [0, 0.05) is 25.2 Å². The molecule has 0 aromatic heterocycles. The first-order valence-electron chi connectivity index (χ1n) is 10.0. The summed E-state index contributed by atoms with van der Waals surface area (Å²) in [6.45, 7) is 6.16. The Hall–Kier alpha value is -2.90. The molecule has 0 aliphatic carbocycles. The van der Waals surface area contributed by atoms with Crippen LogP contribution in [0.5, 0.6) is 0 Å². The van der Waals surface area contributed by atoms with E-state index in [1.54, 1.807) is 4.90 Å². The van der Waals surface area contributed by atoms with Gasteiger partial charge in [-0.05, 0) is 30.4 Å². The summed E-state index contributed by atoms with van der Waals surface area (Å²) in [7, 11) is 0. The van der Waals surface area contributed by atoms with E-state index in [4.69, 9.17) is 4.74 Å². The Morgan fingerprint density at radius 2 is 1.97 bits per heavy atom. The molecule has 1 heterocycles. The number of ether oxygens (including phenoxy) is 1. The SMILES string of the molecule is CCCNC(=O)NC(=O)COC(=O)[C@@H]1CC(=O)N(c2ccccc2[C@@H](C)CC)C1. The summed E-state index contributed by atoms with van der Waals surface area (Å²) in [4.78, 5) is 49.6. The van der Waals surface area contributed by atoms with E-state index in [1.165, 1.54) is 0 Å². The number of hydrogen-bond donors (Lipinski definition) is 2. The summed E-state index contributed by atoms with van der Waals surface area (Å²) in [6.07, 6.45) is 1.71. The predicted molar refractivity (Wildman–Crippen MR) is 108 cm³/mol. The number of hydrogen-bond acceptors (Lipinski definition) is 5. The van der Waals surface area contributed by atoms with Crippen molar-refractivity contribution in [1.82, 2.24) is 10.6 Å². The second-order valence-electron chi connectivity index (χ2n) is 7.19. The van der Waals surface area contributed by atoms with Gasteiger partial charge in [-0.2, -0.15) is 0 Å². The largest absolute Gasteiger partial charge is 0.455 e. The van der Waals surface area contributed by atoms with Crippen molar-refractivity contribution in [1.29, 1.82) is 0 Å². The van der Waals surface area contributed by atoms with Crippen molar-refractivity contribution in [2.24, 2.45) is 5.92 Å². The maximum Gasteiger partial charge on any atom is 0.321 e. The van der Waals surface area contributed by atoms with Crippen molar-refractivity contribution >= 4 is 29.5 Å². The van der Waals surface area contributed by atoms with E-state index in [-0.39, 0.29) is 24.8 Å². The first-order chi connectivity index (χ1) is 13.9. The molecule has 0 bridgehead atoms. The van der Waals surface area contributed by atoms with Crippen molar-refractivity contribution in [2.45, 2.75) is 46.0 Å². The first-order valence-corrected chi connectivity index (χ1v) is 10.0. The molecular formula is C21H29N3O5. The Bertz CT molecular complexity index is 764. The number of carbonyl (C=O) groups excluding carboxylic acids is 4. The zero-order valence-corrected chi connectivity index (χ0v) is 17.2. The van der Waals surface area contributed by atoms with Gasteiger partial charge in [-0.3, -0.25) is 19.7 Å². The number of nitrogens with one attached hydrogen (secondary N) is 2. The summed E-state index contributed by atoms with van der Waals surface area (Å²) in [5, 5.41) is 4.58. The highest BCUT2D eigenvalue weighted by molar-refractivity contribution is 6.00. The van der Waals surface area contributed by atoms with Crippen LogP contribution in [0.15, 0.2) is 24.3 Å². The predicted octanol–water partition coefficient (Wildman–Crippen LogP) is 2.33. The van der Waals surface area contributed by atoms with Gasteiger partial charge >= 0.3 is 12.0 Å². The van der Waals surface area contributed by atoms with E-state index in [0.717, 1.165) is 24.1 Å². The molecule has 29 heavy (non-hydrogen) atoms. The number of anilines is 1. The fraction of sp³-hybridized carbons (Fsp3) is 0.524. The number of nitrogens with zero attached hydrogens (tertiary/aromatic N) is 1. The molecule has 1 aliphatic heterocycles. The highest BCUT2D eigenvalue weighted by atomic mass is 16.5. The Balaban J connectivity index is 1.93. The van der Waals surface area contributed by atoms with E-state index < -0.39 is 30.4 Å². The summed E-state index contributed by atoms with van der Waals surface area (Å²) in [5.41, 5.74) is 1.88. The van der Waals surface area contributed by atoms with Gasteiger partial charge in [0.2, 0.25) is 5.91 Å². The normalized spacial score (nSPS) is 17.0. The van der Waals surface area contributed by atoms with E-state index in [1.807, 2.05) is 31.2 Å². The molecule has 1 saturated heterocycles. The van der Waals surface area contributed by atoms with Gasteiger partial charge in [0.1, 0.15) is 0 Å². The fourth-order valence-electron chi connectivity index (χ4n) is 3.17. The number of amides is 4. The molecule has 0 spiro atoms. The van der Waals surface area contributed by atoms with Gasteiger partial charge in [0.25, 0.3) is 5.91 Å². The van der Waals surface area contributed by atoms with Crippen molar-refractivity contribution in [3.63, 3.8) is 0 Å². The summed E-state index contributed by atoms with van der Waals surface area (Å²) in [6, 6.07) is 7.06. The number of rotatable bonds is 8. The number of para-hydroxylation sites is 1. The quantitative estimate of drug-likeness (QED) is 0.648. The lowest BCUT2D eigenvalue weighted by molar-refractivity contribution is -0.152. The lowest BCUT2D eigenvalue weighted by Crippen LogP contribution is -2.42. The summed E-state index contributed by atoms with van der Waals surface area (Å²) in [5.74, 6) is -1.84. The minimum absolute atomic E-state index is 0.0340. The van der Waals surface area contributed by atoms with Crippen LogP contribution in [0.25, 0.3) is 0 Å². The number of imide groups is 1. The Morgan fingerprint density at radius 1 is 1.24 bits per heavy atom. The standard InChI is InChI=1S/C21H29N3O5/c1-4-10-22-21(28)23-18(25)13-29-20(27)15-11-19(26)24(12-15)17-9-7-6-8-16(17)14(3)5-2/h6-9,14-15H,4-5,10-13H2,1-3H3,(H2,22,23,25,28)/t14-,15+/m0/s1. The van der Waals surface area contributed by atoms with Gasteiger partial charge in [-0.15, -0.1) is 0 Å². The third kappa shape index (κ3) is 6.04. The molecule has 8 heteroatoms. The van der Waals surface area contributed by atoms with Crippen LogP contribution in [0.4, 0.5) is 10.5 Å². The first kappa shape index (κ1) is 22.4. The third-order valence-corrected chi connectivity index (χ3v) is 4.96. The summed E-state index contributed by atoms with van der Waals surface area (Å²) >= 11 is 0. The van der Waals surface area contributed by atoms with E-state index in [0.29, 0.717) is 6.54 Å². The molecule has 1 aliphatic rings. The lowest BCUT2D eigenvalue weighted by atomic mass is 9.96. The van der Waals surface area contributed by atoms with Crippen LogP contribution in [0.1, 0.15) is 51.5 Å². The molecule has 2 rings (SSSR count). The average molecular weight is 403 g/mol. The van der Waals surface area contributed by atoms with Crippen molar-refractivity contribution < 1.29 is 23.9 Å². The van der Waals surface area contributed by atoms with Crippen molar-refractivity contribution in [3.8, 4) is 0 Å². The molecule has 2 N–H and O–H groups in total. The Kier molecular flexibility index (Phi) is 8.18. The fourth-order valence-corrected chi connectivity index (χ4v) is 3.17. The molecule has 0 radical (unpaired) electrons. The van der Waals surface area contributed by atoms with Crippen LogP contribution in [-0.4, -0.2) is 43.5 Å². The molecule has 0 saturated carbocycles. The third-order valence-electron chi connectivity index (χ3n) is 4.96. The van der Waals surface area contributed by atoms with E-state index in [2.05, 4.69) is 24.5 Å². The highest BCUT2D eigenvalue weighted by Gasteiger charge is 2.37. The van der Waals surface area contributed by atoms with Crippen LogP contribution in [0, 0.1) is 5.92 Å². The molecule has 1 fully saturated rings. The summed E-state index contributed by atoms with van der Waals surface area (Å²) < 4.78 is 5.01. The number of carbonyl (C=O) groups is 4.